The van der Waals surface area contributed by atoms with Crippen LogP contribution in [0.1, 0.15) is 27.8 Å². The molecular weight excluding hydrogens is 360 g/mol. The van der Waals surface area contributed by atoms with E-state index in [1.165, 1.54) is 22.3 Å². The molecule has 1 amide bonds. The van der Waals surface area contributed by atoms with Crippen LogP contribution in [0.2, 0.25) is 0 Å². The van der Waals surface area contributed by atoms with Gasteiger partial charge in [0.05, 0.1) is 18.2 Å². The molecule has 5 nitrogen and oxygen atoms in total. The normalized spacial score (nSPS) is 15.1. The number of piperazine rings is 1. The van der Waals surface area contributed by atoms with Crippen molar-refractivity contribution >= 4 is 5.91 Å². The Balaban J connectivity index is 1.44. The molecule has 0 bridgehead atoms. The van der Waals surface area contributed by atoms with Gasteiger partial charge >= 0.3 is 0 Å². The number of nitrogens with zero attached hydrogens (tertiary/aromatic N) is 4. The van der Waals surface area contributed by atoms with Gasteiger partial charge in [0, 0.05) is 46.3 Å². The Bertz CT molecular complexity index is 877. The zero-order valence-electron chi connectivity index (χ0n) is 17.7. The van der Waals surface area contributed by atoms with E-state index in [1.807, 2.05) is 36.2 Å². The summed E-state index contributed by atoms with van der Waals surface area (Å²) < 4.78 is 0. The molecule has 29 heavy (non-hydrogen) atoms. The standard InChI is InChI=1S/C24H30N4O/c1-19-4-9-23(20(2)14-19)17-26(3)24(29)18-28-12-10-27(11-13-28)16-22-7-5-21(15-25)6-8-22/h4-9,14H,10-13,16-18H2,1-3H3. The smallest absolute Gasteiger partial charge is 0.236 e. The number of hydrogen-bond donors (Lipinski definition) is 0. The summed E-state index contributed by atoms with van der Waals surface area (Å²) in [4.78, 5) is 19.2. The van der Waals surface area contributed by atoms with Crippen LogP contribution in [-0.4, -0.2) is 60.4 Å². The lowest BCUT2D eigenvalue weighted by molar-refractivity contribution is -0.132. The molecule has 2 aromatic carbocycles. The van der Waals surface area contributed by atoms with Crippen LogP contribution < -0.4 is 0 Å². The molecule has 0 radical (unpaired) electrons. The van der Waals surface area contributed by atoms with Gasteiger partial charge in [0.2, 0.25) is 5.91 Å². The number of carbonyl (C=O) groups excluding carboxylic acids is 1. The Morgan fingerprint density at radius 3 is 2.31 bits per heavy atom. The maximum absolute atomic E-state index is 12.7. The van der Waals surface area contributed by atoms with Crippen LogP contribution >= 0.6 is 0 Å². The summed E-state index contributed by atoms with van der Waals surface area (Å²) in [6.07, 6.45) is 0. The van der Waals surface area contributed by atoms with E-state index in [1.54, 1.807) is 0 Å². The molecule has 1 aliphatic heterocycles. The summed E-state index contributed by atoms with van der Waals surface area (Å²) in [7, 11) is 1.89. The second-order valence-electron chi connectivity index (χ2n) is 8.04. The molecule has 0 aliphatic carbocycles. The first kappa shape index (κ1) is 21.0. The molecule has 1 fully saturated rings. The molecule has 0 aromatic heterocycles. The van der Waals surface area contributed by atoms with E-state index in [9.17, 15) is 4.79 Å². The SMILES string of the molecule is Cc1ccc(CN(C)C(=O)CN2CCN(Cc3ccc(C#N)cc3)CC2)c(C)c1. The minimum absolute atomic E-state index is 0.172. The van der Waals surface area contributed by atoms with E-state index in [4.69, 9.17) is 5.26 Å². The van der Waals surface area contributed by atoms with Gasteiger partial charge < -0.3 is 4.90 Å². The maximum atomic E-state index is 12.7. The summed E-state index contributed by atoms with van der Waals surface area (Å²) in [6, 6.07) is 16.3. The molecule has 2 aromatic rings. The summed E-state index contributed by atoms with van der Waals surface area (Å²) in [5.74, 6) is 0.172. The molecule has 0 atom stereocenters. The van der Waals surface area contributed by atoms with Gasteiger partial charge in [-0.15, -0.1) is 0 Å². The quantitative estimate of drug-likeness (QED) is 0.761. The van der Waals surface area contributed by atoms with Crippen molar-refractivity contribution in [1.29, 1.82) is 5.26 Å². The minimum atomic E-state index is 0.172. The number of nitriles is 1. The van der Waals surface area contributed by atoms with Gasteiger partial charge in [-0.3, -0.25) is 14.6 Å². The van der Waals surface area contributed by atoms with Crippen molar-refractivity contribution in [2.75, 3.05) is 39.8 Å². The highest BCUT2D eigenvalue weighted by atomic mass is 16.2. The molecule has 3 rings (SSSR count). The molecule has 0 saturated carbocycles. The van der Waals surface area contributed by atoms with Gasteiger partial charge in [-0.2, -0.15) is 5.26 Å². The molecule has 0 spiro atoms. The second kappa shape index (κ2) is 9.69. The summed E-state index contributed by atoms with van der Waals surface area (Å²) in [5, 5.41) is 8.90. The summed E-state index contributed by atoms with van der Waals surface area (Å²) in [5.41, 5.74) is 5.61. The monoisotopic (exact) mass is 390 g/mol. The highest BCUT2D eigenvalue weighted by molar-refractivity contribution is 5.78. The topological polar surface area (TPSA) is 50.6 Å². The number of carbonyl (C=O) groups is 1. The van der Waals surface area contributed by atoms with Crippen LogP contribution in [0, 0.1) is 25.2 Å². The molecule has 152 valence electrons. The molecule has 1 heterocycles. The van der Waals surface area contributed by atoms with Crippen molar-refractivity contribution in [3.8, 4) is 6.07 Å². The third kappa shape index (κ3) is 5.90. The van der Waals surface area contributed by atoms with Crippen molar-refractivity contribution in [2.24, 2.45) is 0 Å². The van der Waals surface area contributed by atoms with Crippen LogP contribution in [0.4, 0.5) is 0 Å². The van der Waals surface area contributed by atoms with Gasteiger partial charge in [-0.05, 0) is 42.7 Å². The third-order valence-corrected chi connectivity index (χ3v) is 5.64. The Morgan fingerprint density at radius 2 is 1.69 bits per heavy atom. The van der Waals surface area contributed by atoms with Crippen molar-refractivity contribution in [3.05, 3.63) is 70.3 Å². The fraction of sp³-hybridized carbons (Fsp3) is 0.417. The first-order valence-electron chi connectivity index (χ1n) is 10.2. The van der Waals surface area contributed by atoms with E-state index in [-0.39, 0.29) is 5.91 Å². The highest BCUT2D eigenvalue weighted by Gasteiger charge is 2.21. The van der Waals surface area contributed by atoms with E-state index in [2.05, 4.69) is 47.9 Å². The molecule has 1 aliphatic rings. The van der Waals surface area contributed by atoms with E-state index in [0.29, 0.717) is 18.7 Å². The Labute approximate surface area is 174 Å². The Kier molecular flexibility index (Phi) is 7.03. The molecule has 0 unspecified atom stereocenters. The predicted molar refractivity (Wildman–Crippen MR) is 115 cm³/mol. The highest BCUT2D eigenvalue weighted by Crippen LogP contribution is 2.14. The fourth-order valence-corrected chi connectivity index (χ4v) is 3.73. The summed E-state index contributed by atoms with van der Waals surface area (Å²) in [6.45, 7) is 9.93. The third-order valence-electron chi connectivity index (χ3n) is 5.64. The lowest BCUT2D eigenvalue weighted by Crippen LogP contribution is -2.49. The number of hydrogen-bond acceptors (Lipinski definition) is 4. The van der Waals surface area contributed by atoms with Gasteiger partial charge in [0.1, 0.15) is 0 Å². The van der Waals surface area contributed by atoms with Gasteiger partial charge in [-0.25, -0.2) is 0 Å². The lowest BCUT2D eigenvalue weighted by atomic mass is 10.1. The predicted octanol–water partition coefficient (Wildman–Crippen LogP) is 2.95. The molecular formula is C24H30N4O. The van der Waals surface area contributed by atoms with Gasteiger partial charge in [0.15, 0.2) is 0 Å². The maximum Gasteiger partial charge on any atom is 0.236 e. The summed E-state index contributed by atoms with van der Waals surface area (Å²) >= 11 is 0. The minimum Gasteiger partial charge on any atom is -0.340 e. The zero-order valence-corrected chi connectivity index (χ0v) is 17.7. The molecule has 0 N–H and O–H groups in total. The molecule has 5 heteroatoms. The zero-order chi connectivity index (χ0) is 20.8. The van der Waals surface area contributed by atoms with E-state index >= 15 is 0 Å². The van der Waals surface area contributed by atoms with Crippen LogP contribution in [0.25, 0.3) is 0 Å². The van der Waals surface area contributed by atoms with Gasteiger partial charge in [0.25, 0.3) is 0 Å². The van der Waals surface area contributed by atoms with Crippen LogP contribution in [-0.2, 0) is 17.9 Å². The van der Waals surface area contributed by atoms with Crippen molar-refractivity contribution < 1.29 is 4.79 Å². The average Bonchev–Trinajstić information content (AvgIpc) is 2.72. The van der Waals surface area contributed by atoms with E-state index < -0.39 is 0 Å². The van der Waals surface area contributed by atoms with Crippen LogP contribution in [0.5, 0.6) is 0 Å². The number of benzene rings is 2. The Morgan fingerprint density at radius 1 is 1.03 bits per heavy atom. The Hall–Kier alpha value is -2.68. The first-order valence-corrected chi connectivity index (χ1v) is 10.2. The van der Waals surface area contributed by atoms with Gasteiger partial charge in [-0.1, -0.05) is 35.9 Å². The van der Waals surface area contributed by atoms with Crippen molar-refractivity contribution in [3.63, 3.8) is 0 Å². The number of likely N-dealkylation sites (N-methyl/N-ethyl adjacent to an activating group) is 1. The van der Waals surface area contributed by atoms with Crippen molar-refractivity contribution in [2.45, 2.75) is 26.9 Å². The largest absolute Gasteiger partial charge is 0.340 e. The van der Waals surface area contributed by atoms with Crippen LogP contribution in [0.3, 0.4) is 0 Å². The molecule has 1 saturated heterocycles. The van der Waals surface area contributed by atoms with Crippen LogP contribution in [0.15, 0.2) is 42.5 Å². The van der Waals surface area contributed by atoms with Crippen molar-refractivity contribution in [1.82, 2.24) is 14.7 Å². The first-order chi connectivity index (χ1) is 13.9. The second-order valence-corrected chi connectivity index (χ2v) is 8.04. The number of aryl methyl sites for hydroxylation is 2. The average molecular weight is 391 g/mol. The lowest BCUT2D eigenvalue weighted by Gasteiger charge is -2.35. The fourth-order valence-electron chi connectivity index (χ4n) is 3.73. The van der Waals surface area contributed by atoms with E-state index in [0.717, 1.165) is 32.7 Å². The number of amides is 1. The number of rotatable bonds is 6.